The van der Waals surface area contributed by atoms with Crippen molar-refractivity contribution in [1.82, 2.24) is 14.8 Å². The number of halogens is 1. The molecular weight excluding hydrogens is 952 g/mol. The first kappa shape index (κ1) is 53.4. The standard InChI is InChI=1S/C57H81FN4O8S2/c1-8-55(5)33-46(69-48(65)34-71-40-29-38-18-19-39(30-40)60(38)7)56(6)35(2)20-22-57(23-21-45(63)51(56)57)36(3)52(55)70-47(64)17-15-13-11-9-10-12-14-16-28-68-54(67)49-50(66)41-31-42(58)44(61-26-24-59-25-27-61)32-43(41)62-37(4)72-53(49)62/h8,31-32,35-40,46,51-52,59H,1,9-30,33-34H2,2-7H3/t35?,36-,37?,38?,39?,40?,46+,51?,52+,55+,56-,57?/m1/s1. The molecule has 4 aliphatic heterocycles. The molecule has 5 heterocycles. The number of ketones is 1. The summed E-state index contributed by atoms with van der Waals surface area (Å²) in [7, 11) is 2.24. The SMILES string of the molecule is C=C[C@@]1(C)C[C@H](OC(=O)CSC2CC3CCC(C2)N3C)[C@@]2(C)C(C)CCC3(CCC(=O)C32)[C@H](C)[C@@H]1OC(=O)CCCCCCCCCCOC(=O)c1c2n(c3cc(N4CCNCC4)c(F)cc3c1=O)C(C)S2. The Bertz CT molecular complexity index is 2430. The number of hydrogen-bond donors (Lipinski definition) is 1. The van der Waals surface area contributed by atoms with Gasteiger partial charge in [0, 0.05) is 84.4 Å². The number of fused-ring (bicyclic) bond motifs is 5. The molecule has 6 fully saturated rings. The Morgan fingerprint density at radius 2 is 1.60 bits per heavy atom. The number of carbonyl (C=O) groups is 4. The number of nitrogens with one attached hydrogen (secondary N) is 1. The summed E-state index contributed by atoms with van der Waals surface area (Å²) in [5.41, 5.74) is -0.939. The Balaban J connectivity index is 0.733. The van der Waals surface area contributed by atoms with Crippen molar-refractivity contribution in [3.8, 4) is 0 Å². The van der Waals surface area contributed by atoms with Gasteiger partial charge in [-0.15, -0.1) is 18.3 Å². The highest BCUT2D eigenvalue weighted by molar-refractivity contribution is 8.00. The van der Waals surface area contributed by atoms with E-state index in [4.69, 9.17) is 14.2 Å². The van der Waals surface area contributed by atoms with Crippen LogP contribution in [0.2, 0.25) is 0 Å². The average Bonchev–Trinajstić information content (AvgIpc) is 3.80. The molecule has 9 rings (SSSR count). The van der Waals surface area contributed by atoms with E-state index in [0.29, 0.717) is 78.1 Å². The third-order valence-electron chi connectivity index (χ3n) is 19.3. The first-order valence-corrected chi connectivity index (χ1v) is 29.5. The lowest BCUT2D eigenvalue weighted by molar-refractivity contribution is -0.212. The van der Waals surface area contributed by atoms with E-state index in [-0.39, 0.29) is 63.8 Å². The first-order valence-electron chi connectivity index (χ1n) is 27.6. The highest BCUT2D eigenvalue weighted by atomic mass is 32.2. The minimum atomic E-state index is -0.677. The number of piperidine rings is 1. The second-order valence-electron chi connectivity index (χ2n) is 23.4. The van der Waals surface area contributed by atoms with Gasteiger partial charge in [0.25, 0.3) is 0 Å². The molecule has 0 radical (unpaired) electrons. The van der Waals surface area contributed by atoms with Crippen molar-refractivity contribution < 1.29 is 37.8 Å². The van der Waals surface area contributed by atoms with Gasteiger partial charge in [-0.2, -0.15) is 0 Å². The van der Waals surface area contributed by atoms with Crippen LogP contribution in [0, 0.1) is 39.8 Å². The number of piperazine rings is 1. The van der Waals surface area contributed by atoms with Gasteiger partial charge in [0.05, 0.1) is 34.0 Å². The van der Waals surface area contributed by atoms with Crippen LogP contribution in [0.3, 0.4) is 0 Å². The lowest BCUT2D eigenvalue weighted by atomic mass is 9.44. The van der Waals surface area contributed by atoms with E-state index in [9.17, 15) is 24.0 Å². The minimum Gasteiger partial charge on any atom is -0.462 e. The Hall–Kier alpha value is -3.40. The molecule has 3 aliphatic carbocycles. The second kappa shape index (κ2) is 22.1. The zero-order chi connectivity index (χ0) is 51.1. The molecule has 1 N–H and O–H groups in total. The summed E-state index contributed by atoms with van der Waals surface area (Å²) in [6, 6.07) is 4.25. The van der Waals surface area contributed by atoms with Crippen LogP contribution in [0.25, 0.3) is 10.9 Å². The number of nitrogens with zero attached hydrogens (tertiary/aromatic N) is 3. The van der Waals surface area contributed by atoms with E-state index >= 15 is 4.39 Å². The van der Waals surface area contributed by atoms with Crippen LogP contribution in [0.4, 0.5) is 10.1 Å². The fourth-order valence-corrected chi connectivity index (χ4v) is 17.1. The fraction of sp³-hybridized carbons (Fsp3) is 0.737. The lowest BCUT2D eigenvalue weighted by Crippen LogP contribution is -2.63. The second-order valence-corrected chi connectivity index (χ2v) is 25.9. The lowest BCUT2D eigenvalue weighted by Gasteiger charge is -2.62. The monoisotopic (exact) mass is 1030 g/mol. The molecule has 3 saturated carbocycles. The average molecular weight is 1030 g/mol. The molecule has 72 heavy (non-hydrogen) atoms. The molecule has 0 spiro atoms. The van der Waals surface area contributed by atoms with E-state index in [1.165, 1.54) is 30.7 Å². The largest absolute Gasteiger partial charge is 0.462 e. The molecular formula is C57H81FN4O8S2. The molecule has 1 aromatic heterocycles. The smallest absolute Gasteiger partial charge is 0.344 e. The van der Waals surface area contributed by atoms with Crippen molar-refractivity contribution in [3.05, 3.63) is 46.4 Å². The highest BCUT2D eigenvalue weighted by Gasteiger charge is 2.69. The molecule has 0 amide bonds. The summed E-state index contributed by atoms with van der Waals surface area (Å²) >= 11 is 3.20. The predicted molar refractivity (Wildman–Crippen MR) is 284 cm³/mol. The number of pyridine rings is 1. The van der Waals surface area contributed by atoms with Gasteiger partial charge in [0.2, 0.25) is 5.43 Å². The quantitative estimate of drug-likeness (QED) is 0.0619. The van der Waals surface area contributed by atoms with Gasteiger partial charge in [-0.3, -0.25) is 19.2 Å². The van der Waals surface area contributed by atoms with Crippen LogP contribution in [-0.4, -0.2) is 108 Å². The summed E-state index contributed by atoms with van der Waals surface area (Å²) in [5, 5.41) is 4.52. The van der Waals surface area contributed by atoms with Crippen LogP contribution >= 0.6 is 23.5 Å². The van der Waals surface area contributed by atoms with Gasteiger partial charge in [-0.1, -0.05) is 84.1 Å². The molecule has 11 atom stereocenters. The number of ether oxygens (including phenoxy) is 3. The molecule has 396 valence electrons. The predicted octanol–water partition coefficient (Wildman–Crippen LogP) is 10.7. The number of thioether (sulfide) groups is 2. The first-order chi connectivity index (χ1) is 34.5. The van der Waals surface area contributed by atoms with Gasteiger partial charge >= 0.3 is 17.9 Å². The van der Waals surface area contributed by atoms with Crippen molar-refractivity contribution >= 4 is 63.8 Å². The topological polar surface area (TPSA) is 136 Å². The number of esters is 3. The van der Waals surface area contributed by atoms with Gasteiger partial charge in [0.15, 0.2) is 0 Å². The maximum absolute atomic E-state index is 15.4. The Morgan fingerprint density at radius 1 is 0.917 bits per heavy atom. The van der Waals surface area contributed by atoms with Crippen LogP contribution in [0.15, 0.2) is 34.6 Å². The number of hydrogen-bond acceptors (Lipinski definition) is 13. The summed E-state index contributed by atoms with van der Waals surface area (Å²) in [6.07, 6.45) is 16.6. The molecule has 2 aromatic rings. The van der Waals surface area contributed by atoms with Crippen molar-refractivity contribution in [2.75, 3.05) is 50.5 Å². The Morgan fingerprint density at radius 3 is 2.28 bits per heavy atom. The number of anilines is 1. The van der Waals surface area contributed by atoms with E-state index in [1.54, 1.807) is 17.8 Å². The summed E-state index contributed by atoms with van der Waals surface area (Å²) in [5.74, 6) is -1.15. The van der Waals surface area contributed by atoms with Crippen molar-refractivity contribution in [2.24, 2.45) is 34.0 Å². The number of rotatable bonds is 19. The number of unbranched alkanes of at least 4 members (excludes halogenated alkanes) is 7. The van der Waals surface area contributed by atoms with Crippen LogP contribution < -0.4 is 15.6 Å². The molecule has 15 heteroatoms. The molecule has 6 unspecified atom stereocenters. The van der Waals surface area contributed by atoms with E-state index in [1.807, 2.05) is 22.5 Å². The molecule has 7 aliphatic rings. The maximum atomic E-state index is 15.4. The summed E-state index contributed by atoms with van der Waals surface area (Å²) in [6.45, 7) is 18.2. The molecule has 3 saturated heterocycles. The summed E-state index contributed by atoms with van der Waals surface area (Å²) < 4.78 is 36.3. The maximum Gasteiger partial charge on any atom is 0.344 e. The van der Waals surface area contributed by atoms with E-state index in [2.05, 4.69) is 51.5 Å². The molecule has 12 nitrogen and oxygen atoms in total. The van der Waals surface area contributed by atoms with Gasteiger partial charge < -0.3 is 33.9 Å². The Labute approximate surface area is 435 Å². The number of carbonyl (C=O) groups excluding carboxylic acids is 4. The summed E-state index contributed by atoms with van der Waals surface area (Å²) in [4.78, 5) is 73.5. The molecule has 1 aromatic carbocycles. The third-order valence-corrected chi connectivity index (χ3v) is 21.8. The number of aromatic nitrogens is 1. The van der Waals surface area contributed by atoms with Crippen LogP contribution in [0.5, 0.6) is 0 Å². The van der Waals surface area contributed by atoms with Crippen molar-refractivity contribution in [3.63, 3.8) is 0 Å². The van der Waals surface area contributed by atoms with Gasteiger partial charge in [-0.25, -0.2) is 9.18 Å². The van der Waals surface area contributed by atoms with Crippen molar-refractivity contribution in [1.29, 1.82) is 0 Å². The van der Waals surface area contributed by atoms with E-state index in [0.717, 1.165) is 90.1 Å². The van der Waals surface area contributed by atoms with Crippen LogP contribution in [0.1, 0.15) is 166 Å². The van der Waals surface area contributed by atoms with E-state index < -0.39 is 40.3 Å². The molecule has 4 bridgehead atoms. The van der Waals surface area contributed by atoms with Gasteiger partial charge in [-0.05, 0) is 102 Å². The zero-order valence-corrected chi connectivity index (χ0v) is 45.5. The number of Topliss-reactive ketones (excluding diaryl/α,β-unsaturated/α-hetero) is 1. The zero-order valence-electron chi connectivity index (χ0n) is 43.9. The minimum absolute atomic E-state index is 0.00607. The highest BCUT2D eigenvalue weighted by Crippen LogP contribution is 2.68. The Kier molecular flexibility index (Phi) is 16.4. The number of benzene rings is 1. The fourth-order valence-electron chi connectivity index (χ4n) is 14.8. The van der Waals surface area contributed by atoms with Crippen molar-refractivity contribution in [2.45, 2.75) is 190 Å². The van der Waals surface area contributed by atoms with Crippen LogP contribution in [-0.2, 0) is 28.6 Å². The normalized spacial score (nSPS) is 34.1. The van der Waals surface area contributed by atoms with Gasteiger partial charge in [0.1, 0.15) is 29.4 Å². The third kappa shape index (κ3) is 10.1.